The first-order valence-electron chi connectivity index (χ1n) is 13.5. The van der Waals surface area contributed by atoms with Gasteiger partial charge in [0.2, 0.25) is 0 Å². The Bertz CT molecular complexity index is 991. The van der Waals surface area contributed by atoms with Gasteiger partial charge in [0.15, 0.2) is 13.9 Å². The third kappa shape index (κ3) is 3.78. The Hall–Kier alpha value is -1.18. The highest BCUT2D eigenvalue weighted by molar-refractivity contribution is 7.85. The molecule has 5 nitrogen and oxygen atoms in total. The number of rotatable bonds is 4. The molecule has 4 fully saturated rings. The Morgan fingerprint density at radius 3 is 2.49 bits per heavy atom. The van der Waals surface area contributed by atoms with Gasteiger partial charge in [-0.05, 0) is 74.2 Å². The summed E-state index contributed by atoms with van der Waals surface area (Å²) in [5, 5.41) is -0.231. The minimum atomic E-state index is -2.12. The molecule has 1 aromatic carbocycles. The summed E-state index contributed by atoms with van der Waals surface area (Å²) in [6.45, 7) is 13.7. The number of carbonyl (C=O) groups excluding carboxylic acids is 1. The van der Waals surface area contributed by atoms with Crippen LogP contribution in [0, 0.1) is 17.3 Å². The van der Waals surface area contributed by atoms with Crippen molar-refractivity contribution in [2.24, 2.45) is 17.3 Å². The molecule has 4 aliphatic rings. The highest BCUT2D eigenvalue weighted by Crippen LogP contribution is 2.67. The zero-order chi connectivity index (χ0) is 25.2. The molecular weight excluding hydrogens is 476 g/mol. The number of carbonyl (C=O) groups is 1. The molecule has 1 saturated heterocycles. The second-order valence-electron chi connectivity index (χ2n) is 13.0. The lowest BCUT2D eigenvalue weighted by atomic mass is 9.65. The van der Waals surface area contributed by atoms with Crippen LogP contribution in [0.1, 0.15) is 72.6 Å². The molecule has 2 spiro atoms. The molecular formula is C28H42O5SSi. The average molecular weight is 519 g/mol. The van der Waals surface area contributed by atoms with Crippen LogP contribution in [0.3, 0.4) is 0 Å². The second-order valence-corrected chi connectivity index (χ2v) is 19.4. The van der Waals surface area contributed by atoms with Gasteiger partial charge in [0.05, 0.1) is 22.2 Å². The Labute approximate surface area is 214 Å². The van der Waals surface area contributed by atoms with E-state index < -0.39 is 30.9 Å². The Morgan fingerprint density at radius 2 is 1.80 bits per heavy atom. The van der Waals surface area contributed by atoms with Gasteiger partial charge in [-0.15, -0.1) is 0 Å². The third-order valence-electron chi connectivity index (χ3n) is 10.0. The largest absolute Gasteiger partial charge is 0.509 e. The van der Waals surface area contributed by atoms with E-state index in [0.29, 0.717) is 5.92 Å². The predicted molar refractivity (Wildman–Crippen MR) is 140 cm³/mol. The fraction of sp³-hybridized carbons (Fsp3) is 0.750. The van der Waals surface area contributed by atoms with Gasteiger partial charge in [0.1, 0.15) is 6.10 Å². The van der Waals surface area contributed by atoms with E-state index >= 15 is 0 Å². The lowest BCUT2D eigenvalue weighted by Crippen LogP contribution is -2.64. The molecule has 3 aliphatic carbocycles. The van der Waals surface area contributed by atoms with E-state index in [9.17, 15) is 9.00 Å². The van der Waals surface area contributed by atoms with Crippen molar-refractivity contribution in [2.45, 2.75) is 119 Å². The molecule has 8 atom stereocenters. The van der Waals surface area contributed by atoms with Crippen molar-refractivity contribution in [3.05, 3.63) is 30.3 Å². The summed E-state index contributed by atoms with van der Waals surface area (Å²) in [4.78, 5) is 13.7. The molecule has 0 unspecified atom stereocenters. The Morgan fingerprint density at radius 1 is 1.09 bits per heavy atom. The van der Waals surface area contributed by atoms with Gasteiger partial charge in [-0.25, -0.2) is 4.79 Å². The molecule has 5 rings (SSSR count). The molecule has 7 heteroatoms. The zero-order valence-corrected chi connectivity index (χ0v) is 24.0. The molecule has 2 bridgehead atoms. The normalized spacial score (nSPS) is 40.1. The van der Waals surface area contributed by atoms with E-state index in [1.807, 2.05) is 30.3 Å². The van der Waals surface area contributed by atoms with Crippen LogP contribution >= 0.6 is 0 Å². The molecule has 1 heterocycles. The number of hydrogen-bond donors (Lipinski definition) is 0. The summed E-state index contributed by atoms with van der Waals surface area (Å²) in [6.07, 6.45) is 5.92. The van der Waals surface area contributed by atoms with E-state index in [4.69, 9.17) is 13.9 Å². The fourth-order valence-corrected chi connectivity index (χ4v) is 10.8. The van der Waals surface area contributed by atoms with Crippen LogP contribution in [0.25, 0.3) is 0 Å². The number of fused-ring (bicyclic) bond motifs is 1. The van der Waals surface area contributed by atoms with Crippen LogP contribution in [-0.2, 0) is 24.7 Å². The SMILES string of the molecule is C[C@@H]1C[C@@]23CCCC[C@@H](CC[C@H]([S@](=O)c4ccccc4)[C@@]24OC(=O)O[C@@H]14)[C@H]3O[Si](C)(C)C(C)(C)C. The predicted octanol–water partition coefficient (Wildman–Crippen LogP) is 6.84. The first-order chi connectivity index (χ1) is 16.4. The van der Waals surface area contributed by atoms with Crippen LogP contribution in [0.5, 0.6) is 0 Å². The van der Waals surface area contributed by atoms with Gasteiger partial charge in [-0.1, -0.05) is 58.7 Å². The minimum absolute atomic E-state index is 0.00869. The third-order valence-corrected chi connectivity index (χ3v) is 16.3. The van der Waals surface area contributed by atoms with Crippen LogP contribution in [0.15, 0.2) is 35.2 Å². The number of ether oxygens (including phenoxy) is 2. The average Bonchev–Trinajstić information content (AvgIpc) is 3.15. The van der Waals surface area contributed by atoms with Crippen LogP contribution in [-0.4, -0.2) is 41.7 Å². The summed E-state index contributed by atoms with van der Waals surface area (Å²) < 4.78 is 34.1. The molecule has 0 amide bonds. The molecule has 3 saturated carbocycles. The van der Waals surface area contributed by atoms with Crippen molar-refractivity contribution in [2.75, 3.05) is 0 Å². The van der Waals surface area contributed by atoms with Crippen molar-refractivity contribution in [3.8, 4) is 0 Å². The summed E-state index contributed by atoms with van der Waals surface area (Å²) in [6, 6.07) is 9.72. The smallest absolute Gasteiger partial charge is 0.426 e. The zero-order valence-electron chi connectivity index (χ0n) is 22.2. The standard InChI is InChI=1S/C28H42O5SSi/c1-19-18-27-17-11-10-12-20(24(27)33-35(5,6)26(2,3)4)15-16-22(28(27)23(19)31-25(29)32-28)34(30)21-13-8-7-9-14-21/h7-9,13-14,19-20,22-24H,10-12,15-18H2,1-6H3/t19-,20+,22+,23+,24-,27-,28+,34-/m1/s1. The van der Waals surface area contributed by atoms with Crippen molar-refractivity contribution in [1.29, 1.82) is 0 Å². The number of hydrogen-bond acceptors (Lipinski definition) is 5. The van der Waals surface area contributed by atoms with E-state index in [0.717, 1.165) is 43.4 Å². The van der Waals surface area contributed by atoms with Gasteiger partial charge >= 0.3 is 6.16 Å². The lowest BCUT2D eigenvalue weighted by Gasteiger charge is -2.52. The maximum atomic E-state index is 14.3. The summed E-state index contributed by atoms with van der Waals surface area (Å²) in [5.41, 5.74) is -1.30. The quantitative estimate of drug-likeness (QED) is 0.323. The summed E-state index contributed by atoms with van der Waals surface area (Å²) >= 11 is 0. The summed E-state index contributed by atoms with van der Waals surface area (Å²) in [5.74, 6) is 0.519. The molecule has 1 aliphatic heterocycles. The maximum absolute atomic E-state index is 14.3. The van der Waals surface area contributed by atoms with E-state index in [1.54, 1.807) is 0 Å². The maximum Gasteiger partial charge on any atom is 0.509 e. The van der Waals surface area contributed by atoms with E-state index in [2.05, 4.69) is 40.8 Å². The topological polar surface area (TPSA) is 61.8 Å². The van der Waals surface area contributed by atoms with Gasteiger partial charge in [-0.2, -0.15) is 0 Å². The van der Waals surface area contributed by atoms with E-state index in [-0.39, 0.29) is 33.8 Å². The molecule has 0 N–H and O–H groups in total. The minimum Gasteiger partial charge on any atom is -0.426 e. The van der Waals surface area contributed by atoms with Crippen molar-refractivity contribution >= 4 is 25.3 Å². The molecule has 35 heavy (non-hydrogen) atoms. The van der Waals surface area contributed by atoms with E-state index in [1.165, 1.54) is 6.42 Å². The summed E-state index contributed by atoms with van der Waals surface area (Å²) in [7, 11) is -3.44. The second kappa shape index (κ2) is 8.69. The van der Waals surface area contributed by atoms with Crippen molar-refractivity contribution < 1.29 is 22.9 Å². The highest BCUT2D eigenvalue weighted by Gasteiger charge is 2.78. The lowest BCUT2D eigenvalue weighted by molar-refractivity contribution is -0.120. The first-order valence-corrected chi connectivity index (χ1v) is 17.6. The molecule has 0 aromatic heterocycles. The Balaban J connectivity index is 1.70. The first kappa shape index (κ1) is 25.5. The molecule has 0 radical (unpaired) electrons. The van der Waals surface area contributed by atoms with Gasteiger partial charge in [0, 0.05) is 10.3 Å². The van der Waals surface area contributed by atoms with Crippen molar-refractivity contribution in [3.63, 3.8) is 0 Å². The number of benzene rings is 1. The van der Waals surface area contributed by atoms with Crippen LogP contribution in [0.2, 0.25) is 18.1 Å². The highest BCUT2D eigenvalue weighted by atomic mass is 32.2. The van der Waals surface area contributed by atoms with Crippen LogP contribution < -0.4 is 0 Å². The van der Waals surface area contributed by atoms with Crippen molar-refractivity contribution in [1.82, 2.24) is 0 Å². The van der Waals surface area contributed by atoms with Gasteiger partial charge < -0.3 is 13.9 Å². The fourth-order valence-electron chi connectivity index (χ4n) is 7.54. The monoisotopic (exact) mass is 518 g/mol. The van der Waals surface area contributed by atoms with Gasteiger partial charge in [0.25, 0.3) is 0 Å². The van der Waals surface area contributed by atoms with Gasteiger partial charge in [-0.3, -0.25) is 4.21 Å². The van der Waals surface area contributed by atoms with Crippen LogP contribution in [0.4, 0.5) is 4.79 Å². The molecule has 194 valence electrons. The Kier molecular flexibility index (Phi) is 6.33. The molecule has 1 aromatic rings.